The van der Waals surface area contributed by atoms with E-state index < -0.39 is 5.60 Å². The van der Waals surface area contributed by atoms with Gasteiger partial charge in [-0.25, -0.2) is 0 Å². The molecular weight excluding hydrogens is 314 g/mol. The standard InChI is InChI=1S/C18H24ClNO3/c1-13-14(5-4-12-23-13)17(21)20-10-8-18(22,9-11-20)15-6-2-3-7-16(15)19/h2-3,6-7,13-14,22H,4-5,8-12H2,1H3/t13-,14-/m1/s1. The van der Waals surface area contributed by atoms with E-state index in [0.29, 0.717) is 31.0 Å². The van der Waals surface area contributed by atoms with Crippen LogP contribution in [0.15, 0.2) is 24.3 Å². The van der Waals surface area contributed by atoms with Crippen molar-refractivity contribution >= 4 is 17.5 Å². The van der Waals surface area contributed by atoms with Crippen LogP contribution in [0.1, 0.15) is 38.2 Å². The molecule has 0 unspecified atom stereocenters. The van der Waals surface area contributed by atoms with Crippen LogP contribution >= 0.6 is 11.6 Å². The largest absolute Gasteiger partial charge is 0.385 e. The summed E-state index contributed by atoms with van der Waals surface area (Å²) >= 11 is 6.23. The third-order valence-electron chi connectivity index (χ3n) is 5.20. The Hall–Kier alpha value is -1.10. The van der Waals surface area contributed by atoms with Gasteiger partial charge in [-0.3, -0.25) is 4.79 Å². The topological polar surface area (TPSA) is 49.8 Å². The predicted molar refractivity (Wildman–Crippen MR) is 89.3 cm³/mol. The highest BCUT2D eigenvalue weighted by Gasteiger charge is 2.39. The summed E-state index contributed by atoms with van der Waals surface area (Å²) in [7, 11) is 0. The number of amides is 1. The molecule has 2 saturated heterocycles. The molecule has 4 nitrogen and oxygen atoms in total. The van der Waals surface area contributed by atoms with Gasteiger partial charge in [0.2, 0.25) is 5.91 Å². The van der Waals surface area contributed by atoms with E-state index in [1.165, 1.54) is 0 Å². The Balaban J connectivity index is 1.66. The zero-order valence-corrected chi connectivity index (χ0v) is 14.3. The van der Waals surface area contributed by atoms with E-state index in [9.17, 15) is 9.90 Å². The number of carbonyl (C=O) groups is 1. The molecular formula is C18H24ClNO3. The van der Waals surface area contributed by atoms with Crippen LogP contribution in [0.5, 0.6) is 0 Å². The van der Waals surface area contributed by atoms with Crippen LogP contribution in [-0.2, 0) is 15.1 Å². The summed E-state index contributed by atoms with van der Waals surface area (Å²) in [6.45, 7) is 3.84. The minimum absolute atomic E-state index is 0.0133. The Labute approximate surface area is 142 Å². The highest BCUT2D eigenvalue weighted by Crippen LogP contribution is 2.37. The maximum atomic E-state index is 12.7. The highest BCUT2D eigenvalue weighted by atomic mass is 35.5. The quantitative estimate of drug-likeness (QED) is 0.902. The molecule has 2 fully saturated rings. The number of carbonyl (C=O) groups excluding carboxylic acids is 1. The first kappa shape index (κ1) is 16.7. The van der Waals surface area contributed by atoms with E-state index in [1.54, 1.807) is 6.07 Å². The van der Waals surface area contributed by atoms with Gasteiger partial charge in [0.15, 0.2) is 0 Å². The number of aliphatic hydroxyl groups is 1. The van der Waals surface area contributed by atoms with E-state index in [-0.39, 0.29) is 17.9 Å². The number of piperidine rings is 1. The van der Waals surface area contributed by atoms with Crippen molar-refractivity contribution < 1.29 is 14.6 Å². The molecule has 1 aromatic carbocycles. The van der Waals surface area contributed by atoms with Crippen molar-refractivity contribution in [2.24, 2.45) is 5.92 Å². The molecule has 126 valence electrons. The molecule has 2 aliphatic rings. The first-order valence-electron chi connectivity index (χ1n) is 8.39. The lowest BCUT2D eigenvalue weighted by Gasteiger charge is -2.41. The Kier molecular flexibility index (Phi) is 4.95. The van der Waals surface area contributed by atoms with Gasteiger partial charge in [-0.2, -0.15) is 0 Å². The summed E-state index contributed by atoms with van der Waals surface area (Å²) < 4.78 is 5.61. The Bertz CT molecular complexity index is 569. The number of nitrogens with zero attached hydrogens (tertiary/aromatic N) is 1. The zero-order valence-electron chi connectivity index (χ0n) is 13.5. The monoisotopic (exact) mass is 337 g/mol. The van der Waals surface area contributed by atoms with Gasteiger partial charge in [-0.15, -0.1) is 0 Å². The molecule has 0 aromatic heterocycles. The SMILES string of the molecule is C[C@H]1OCCC[C@H]1C(=O)N1CCC(O)(c2ccccc2Cl)CC1. The van der Waals surface area contributed by atoms with Gasteiger partial charge in [-0.05, 0) is 38.7 Å². The molecule has 0 aliphatic carbocycles. The van der Waals surface area contributed by atoms with Crippen molar-refractivity contribution in [3.63, 3.8) is 0 Å². The molecule has 0 bridgehead atoms. The summed E-state index contributed by atoms with van der Waals surface area (Å²) in [5.74, 6) is 0.119. The fourth-order valence-electron chi connectivity index (χ4n) is 3.69. The van der Waals surface area contributed by atoms with Gasteiger partial charge in [0, 0.05) is 30.3 Å². The van der Waals surface area contributed by atoms with E-state index in [0.717, 1.165) is 25.0 Å². The van der Waals surface area contributed by atoms with Crippen LogP contribution in [0.3, 0.4) is 0 Å². The van der Waals surface area contributed by atoms with Gasteiger partial charge in [-0.1, -0.05) is 29.8 Å². The van der Waals surface area contributed by atoms with Crippen LogP contribution in [0, 0.1) is 5.92 Å². The average Bonchev–Trinajstić information content (AvgIpc) is 2.56. The van der Waals surface area contributed by atoms with E-state index in [2.05, 4.69) is 0 Å². The minimum atomic E-state index is -0.941. The maximum absolute atomic E-state index is 12.7. The molecule has 0 spiro atoms. The molecule has 0 saturated carbocycles. The first-order chi connectivity index (χ1) is 11.0. The fourth-order valence-corrected chi connectivity index (χ4v) is 4.00. The van der Waals surface area contributed by atoms with Crippen molar-refractivity contribution in [1.82, 2.24) is 4.90 Å². The van der Waals surface area contributed by atoms with Crippen LogP contribution in [0.4, 0.5) is 0 Å². The molecule has 1 amide bonds. The second kappa shape index (κ2) is 6.80. The molecule has 1 N–H and O–H groups in total. The lowest BCUT2D eigenvalue weighted by atomic mass is 9.83. The van der Waals surface area contributed by atoms with Crippen LogP contribution in [0.25, 0.3) is 0 Å². The van der Waals surface area contributed by atoms with Gasteiger partial charge >= 0.3 is 0 Å². The lowest BCUT2D eigenvalue weighted by molar-refractivity contribution is -0.148. The summed E-state index contributed by atoms with van der Waals surface area (Å²) in [5.41, 5.74) is -0.174. The van der Waals surface area contributed by atoms with Crippen molar-refractivity contribution in [2.75, 3.05) is 19.7 Å². The molecule has 2 heterocycles. The molecule has 2 aliphatic heterocycles. The molecule has 23 heavy (non-hydrogen) atoms. The number of likely N-dealkylation sites (tertiary alicyclic amines) is 1. The number of ether oxygens (including phenoxy) is 1. The third-order valence-corrected chi connectivity index (χ3v) is 5.53. The van der Waals surface area contributed by atoms with Crippen LogP contribution < -0.4 is 0 Å². The second-order valence-electron chi connectivity index (χ2n) is 6.66. The van der Waals surface area contributed by atoms with Gasteiger partial charge in [0.25, 0.3) is 0 Å². The van der Waals surface area contributed by atoms with E-state index in [1.807, 2.05) is 30.0 Å². The number of halogens is 1. The van der Waals surface area contributed by atoms with Crippen LogP contribution in [0.2, 0.25) is 5.02 Å². The fraction of sp³-hybridized carbons (Fsp3) is 0.611. The normalized spacial score (nSPS) is 27.7. The first-order valence-corrected chi connectivity index (χ1v) is 8.77. The van der Waals surface area contributed by atoms with Crippen molar-refractivity contribution in [3.05, 3.63) is 34.9 Å². The number of hydrogen-bond acceptors (Lipinski definition) is 3. The van der Waals surface area contributed by atoms with E-state index in [4.69, 9.17) is 16.3 Å². The van der Waals surface area contributed by atoms with Gasteiger partial charge in [0.1, 0.15) is 0 Å². The Morgan fingerprint density at radius 3 is 2.70 bits per heavy atom. The Morgan fingerprint density at radius 2 is 2.04 bits per heavy atom. The lowest BCUT2D eigenvalue weighted by Crippen LogP contribution is -2.49. The summed E-state index contributed by atoms with van der Waals surface area (Å²) in [6.07, 6.45) is 2.86. The summed E-state index contributed by atoms with van der Waals surface area (Å²) in [6, 6.07) is 7.42. The smallest absolute Gasteiger partial charge is 0.228 e. The summed E-state index contributed by atoms with van der Waals surface area (Å²) in [5, 5.41) is 11.5. The van der Waals surface area contributed by atoms with Gasteiger partial charge in [0.05, 0.1) is 17.6 Å². The van der Waals surface area contributed by atoms with Crippen LogP contribution in [-0.4, -0.2) is 41.7 Å². The molecule has 1 aromatic rings. The molecule has 0 radical (unpaired) electrons. The van der Waals surface area contributed by atoms with Crippen molar-refractivity contribution in [2.45, 2.75) is 44.3 Å². The predicted octanol–water partition coefficient (Wildman–Crippen LogP) is 2.97. The average molecular weight is 338 g/mol. The van der Waals surface area contributed by atoms with E-state index >= 15 is 0 Å². The maximum Gasteiger partial charge on any atom is 0.228 e. The number of hydrogen-bond donors (Lipinski definition) is 1. The second-order valence-corrected chi connectivity index (χ2v) is 7.07. The Morgan fingerprint density at radius 1 is 1.35 bits per heavy atom. The number of rotatable bonds is 2. The summed E-state index contributed by atoms with van der Waals surface area (Å²) in [4.78, 5) is 14.6. The zero-order chi connectivity index (χ0) is 16.4. The third kappa shape index (κ3) is 3.39. The molecule has 2 atom stereocenters. The minimum Gasteiger partial charge on any atom is -0.385 e. The van der Waals surface area contributed by atoms with Crippen molar-refractivity contribution in [1.29, 1.82) is 0 Å². The van der Waals surface area contributed by atoms with Gasteiger partial charge < -0.3 is 14.7 Å². The highest BCUT2D eigenvalue weighted by molar-refractivity contribution is 6.31. The number of benzene rings is 1. The molecule has 5 heteroatoms. The van der Waals surface area contributed by atoms with Crippen molar-refractivity contribution in [3.8, 4) is 0 Å². The molecule has 3 rings (SSSR count).